The van der Waals surface area contributed by atoms with Crippen LogP contribution in [0.15, 0.2) is 23.1 Å². The molecule has 0 radical (unpaired) electrons. The molecule has 2 unspecified atom stereocenters. The average Bonchev–Trinajstić information content (AvgIpc) is 2.49. The molecule has 1 aliphatic carbocycles. The van der Waals surface area contributed by atoms with E-state index in [1.807, 2.05) is 0 Å². The predicted molar refractivity (Wildman–Crippen MR) is 84.4 cm³/mol. The summed E-state index contributed by atoms with van der Waals surface area (Å²) in [4.78, 5) is 10.6. The Kier molecular flexibility index (Phi) is 5.02. The monoisotopic (exact) mass is 327 g/mol. The van der Waals surface area contributed by atoms with E-state index in [-0.39, 0.29) is 16.6 Å². The summed E-state index contributed by atoms with van der Waals surface area (Å²) < 4.78 is 25.7. The predicted octanol–water partition coefficient (Wildman–Crippen LogP) is 2.49. The highest BCUT2D eigenvalue weighted by Crippen LogP contribution is 2.32. The molecule has 1 fully saturated rings. The van der Waals surface area contributed by atoms with E-state index in [0.717, 1.165) is 25.3 Å². The summed E-state index contributed by atoms with van der Waals surface area (Å²) in [6.45, 7) is 2.13. The number of nitro groups is 1. The lowest BCUT2D eigenvalue weighted by Gasteiger charge is -2.30. The number of rotatable bonds is 5. The minimum absolute atomic E-state index is 0.107. The highest BCUT2D eigenvalue weighted by Gasteiger charge is 2.25. The largest absolute Gasteiger partial charge is 0.376 e. The second kappa shape index (κ2) is 6.62. The number of hydrogen-bond acceptors (Lipinski definition) is 5. The van der Waals surface area contributed by atoms with Gasteiger partial charge in [0.15, 0.2) is 0 Å². The summed E-state index contributed by atoms with van der Waals surface area (Å²) in [7, 11) is -2.42. The highest BCUT2D eigenvalue weighted by molar-refractivity contribution is 7.89. The molecular weight excluding hydrogens is 306 g/mol. The van der Waals surface area contributed by atoms with Gasteiger partial charge >= 0.3 is 0 Å². The van der Waals surface area contributed by atoms with Crippen LogP contribution in [0.3, 0.4) is 0 Å². The number of nitro benzene ring substituents is 1. The molecule has 0 amide bonds. The summed E-state index contributed by atoms with van der Waals surface area (Å²) >= 11 is 0. The van der Waals surface area contributed by atoms with Crippen molar-refractivity contribution in [3.05, 3.63) is 28.3 Å². The van der Waals surface area contributed by atoms with Crippen molar-refractivity contribution in [1.82, 2.24) is 4.72 Å². The molecule has 2 N–H and O–H groups in total. The molecule has 2 atom stereocenters. The molecule has 1 aromatic rings. The van der Waals surface area contributed by atoms with Crippen LogP contribution in [-0.4, -0.2) is 26.4 Å². The Morgan fingerprint density at radius 1 is 1.27 bits per heavy atom. The van der Waals surface area contributed by atoms with Crippen molar-refractivity contribution < 1.29 is 13.3 Å². The molecule has 0 aromatic heterocycles. The van der Waals surface area contributed by atoms with Crippen LogP contribution in [-0.2, 0) is 10.0 Å². The molecule has 0 saturated heterocycles. The van der Waals surface area contributed by atoms with Gasteiger partial charge in [0.1, 0.15) is 5.69 Å². The molecule has 0 bridgehead atoms. The fourth-order valence-electron chi connectivity index (χ4n) is 2.80. The molecule has 7 nitrogen and oxygen atoms in total. The van der Waals surface area contributed by atoms with Crippen molar-refractivity contribution in [2.75, 3.05) is 12.4 Å². The number of sulfonamides is 1. The van der Waals surface area contributed by atoms with E-state index in [0.29, 0.717) is 11.6 Å². The first-order valence-corrected chi connectivity index (χ1v) is 8.82. The van der Waals surface area contributed by atoms with Crippen molar-refractivity contribution in [3.8, 4) is 0 Å². The highest BCUT2D eigenvalue weighted by atomic mass is 32.2. The van der Waals surface area contributed by atoms with E-state index in [9.17, 15) is 18.5 Å². The first kappa shape index (κ1) is 16.7. The molecule has 1 aromatic carbocycles. The van der Waals surface area contributed by atoms with E-state index in [1.165, 1.54) is 25.6 Å². The lowest BCUT2D eigenvalue weighted by Crippen LogP contribution is -2.30. The number of hydrogen-bond donors (Lipinski definition) is 2. The van der Waals surface area contributed by atoms with Gasteiger partial charge in [-0.05, 0) is 37.9 Å². The Morgan fingerprint density at radius 2 is 1.95 bits per heavy atom. The Hall–Kier alpha value is -1.67. The van der Waals surface area contributed by atoms with Gasteiger partial charge in [-0.25, -0.2) is 13.1 Å². The number of anilines is 1. The Balaban J connectivity index is 2.33. The summed E-state index contributed by atoms with van der Waals surface area (Å²) in [6.07, 6.45) is 4.34. The van der Waals surface area contributed by atoms with Crippen LogP contribution in [0, 0.1) is 16.0 Å². The third kappa shape index (κ3) is 3.56. The van der Waals surface area contributed by atoms with E-state index in [4.69, 9.17) is 0 Å². The van der Waals surface area contributed by atoms with E-state index in [2.05, 4.69) is 17.0 Å². The van der Waals surface area contributed by atoms with Crippen LogP contribution in [0.4, 0.5) is 11.4 Å². The molecule has 1 saturated carbocycles. The fourth-order valence-corrected chi connectivity index (χ4v) is 3.55. The standard InChI is InChI=1S/C14H21N3O4S/c1-10-5-3-4-6-12(10)16-13-8-7-11(22(20,21)15-2)9-14(13)17(18)19/h7-10,12,15-16H,3-6H2,1-2H3. The van der Waals surface area contributed by atoms with Gasteiger partial charge in [0, 0.05) is 12.1 Å². The third-order valence-electron chi connectivity index (χ3n) is 4.20. The van der Waals surface area contributed by atoms with Crippen LogP contribution >= 0.6 is 0 Å². The van der Waals surface area contributed by atoms with E-state index >= 15 is 0 Å². The van der Waals surface area contributed by atoms with Crippen LogP contribution in [0.1, 0.15) is 32.6 Å². The maximum Gasteiger partial charge on any atom is 0.293 e. The van der Waals surface area contributed by atoms with Crippen molar-refractivity contribution in [2.45, 2.75) is 43.5 Å². The average molecular weight is 327 g/mol. The second-order valence-electron chi connectivity index (χ2n) is 5.66. The molecule has 1 aliphatic rings. The number of nitrogens with one attached hydrogen (secondary N) is 2. The zero-order valence-electron chi connectivity index (χ0n) is 12.7. The first-order valence-electron chi connectivity index (χ1n) is 7.33. The summed E-state index contributed by atoms with van der Waals surface area (Å²) in [5.41, 5.74) is 0.160. The molecular formula is C14H21N3O4S. The molecule has 0 spiro atoms. The van der Waals surface area contributed by atoms with Gasteiger partial charge in [-0.15, -0.1) is 0 Å². The van der Waals surface area contributed by atoms with Gasteiger partial charge in [-0.3, -0.25) is 10.1 Å². The summed E-state index contributed by atoms with van der Waals surface area (Å²) in [5.74, 6) is 0.439. The molecule has 122 valence electrons. The van der Waals surface area contributed by atoms with Gasteiger partial charge in [0.05, 0.1) is 9.82 Å². The van der Waals surface area contributed by atoms with Crippen molar-refractivity contribution in [1.29, 1.82) is 0 Å². The number of nitrogens with zero attached hydrogens (tertiary/aromatic N) is 1. The molecule has 0 heterocycles. The Labute approximate surface area is 130 Å². The van der Waals surface area contributed by atoms with Gasteiger partial charge in [0.2, 0.25) is 10.0 Å². The minimum atomic E-state index is -3.70. The zero-order valence-corrected chi connectivity index (χ0v) is 13.5. The lowest BCUT2D eigenvalue weighted by molar-refractivity contribution is -0.384. The van der Waals surface area contributed by atoms with Gasteiger partial charge in [0.25, 0.3) is 5.69 Å². The lowest BCUT2D eigenvalue weighted by atomic mass is 9.86. The van der Waals surface area contributed by atoms with Crippen LogP contribution in [0.25, 0.3) is 0 Å². The molecule has 8 heteroatoms. The molecule has 2 rings (SSSR count). The third-order valence-corrected chi connectivity index (χ3v) is 5.61. The molecule has 22 heavy (non-hydrogen) atoms. The summed E-state index contributed by atoms with van der Waals surface area (Å²) in [6, 6.07) is 4.14. The van der Waals surface area contributed by atoms with Gasteiger partial charge < -0.3 is 5.32 Å². The maximum atomic E-state index is 11.8. The topological polar surface area (TPSA) is 101 Å². The second-order valence-corrected chi connectivity index (χ2v) is 7.54. The Bertz CT molecular complexity index is 660. The van der Waals surface area contributed by atoms with Crippen molar-refractivity contribution in [3.63, 3.8) is 0 Å². The van der Waals surface area contributed by atoms with Crippen LogP contribution in [0.5, 0.6) is 0 Å². The van der Waals surface area contributed by atoms with Crippen molar-refractivity contribution >= 4 is 21.4 Å². The minimum Gasteiger partial charge on any atom is -0.376 e. The molecule has 0 aliphatic heterocycles. The van der Waals surface area contributed by atoms with Gasteiger partial charge in [-0.1, -0.05) is 19.8 Å². The van der Waals surface area contributed by atoms with Crippen LogP contribution in [0.2, 0.25) is 0 Å². The fraction of sp³-hybridized carbons (Fsp3) is 0.571. The van der Waals surface area contributed by atoms with E-state index in [1.54, 1.807) is 0 Å². The quantitative estimate of drug-likeness (QED) is 0.639. The Morgan fingerprint density at radius 3 is 2.55 bits per heavy atom. The summed E-state index contributed by atoms with van der Waals surface area (Å²) in [5, 5.41) is 14.5. The van der Waals surface area contributed by atoms with E-state index < -0.39 is 14.9 Å². The SMILES string of the molecule is CNS(=O)(=O)c1ccc(NC2CCCCC2C)c([N+](=O)[O-])c1. The maximum absolute atomic E-state index is 11.8. The first-order chi connectivity index (χ1) is 10.3. The normalized spacial score (nSPS) is 22.3. The van der Waals surface area contributed by atoms with Crippen LogP contribution < -0.4 is 10.0 Å². The number of benzene rings is 1. The smallest absolute Gasteiger partial charge is 0.293 e. The van der Waals surface area contributed by atoms with Gasteiger partial charge in [-0.2, -0.15) is 0 Å². The van der Waals surface area contributed by atoms with Crippen molar-refractivity contribution in [2.24, 2.45) is 5.92 Å². The zero-order chi connectivity index (χ0) is 16.3.